The van der Waals surface area contributed by atoms with E-state index in [1.807, 2.05) is 24.3 Å². The Bertz CT molecular complexity index is 432. The lowest BCUT2D eigenvalue weighted by molar-refractivity contribution is -0.188. The number of methoxy groups -OCH3 is 1. The first kappa shape index (κ1) is 12.5. The van der Waals surface area contributed by atoms with Crippen LogP contribution in [0, 0.1) is 5.41 Å². The van der Waals surface area contributed by atoms with Gasteiger partial charge in [-0.3, -0.25) is 4.79 Å². The molecule has 5 heteroatoms. The maximum absolute atomic E-state index is 11.8. The van der Waals surface area contributed by atoms with Crippen LogP contribution in [0.25, 0.3) is 0 Å². The maximum Gasteiger partial charge on any atom is 0.318 e. The number of carbonyl (C=O) groups is 1. The second kappa shape index (κ2) is 4.76. The van der Waals surface area contributed by atoms with E-state index in [9.17, 15) is 4.79 Å². The summed E-state index contributed by atoms with van der Waals surface area (Å²) in [6, 6.07) is 7.17. The predicted octanol–water partition coefficient (Wildman–Crippen LogP) is 1.64. The third-order valence-corrected chi connectivity index (χ3v) is 3.87. The first-order valence-corrected chi connectivity index (χ1v) is 6.07. The van der Waals surface area contributed by atoms with Gasteiger partial charge < -0.3 is 15.2 Å². The van der Waals surface area contributed by atoms with Gasteiger partial charge in [0, 0.05) is 4.47 Å². The largest absolute Gasteiger partial charge is 0.468 e. The minimum atomic E-state index is -0.751. The summed E-state index contributed by atoms with van der Waals surface area (Å²) >= 11 is 3.44. The van der Waals surface area contributed by atoms with Crippen LogP contribution in [0.5, 0.6) is 0 Å². The Hall–Kier alpha value is -0.910. The Labute approximate surface area is 108 Å². The smallest absolute Gasteiger partial charge is 0.318 e. The van der Waals surface area contributed by atoms with Gasteiger partial charge in [0.15, 0.2) is 0 Å². The molecule has 0 amide bonds. The van der Waals surface area contributed by atoms with Crippen LogP contribution in [0.3, 0.4) is 0 Å². The number of halogens is 1. The number of hydrogen-bond donors (Lipinski definition) is 1. The molecule has 0 spiro atoms. The Kier molecular flexibility index (Phi) is 3.51. The highest BCUT2D eigenvalue weighted by Crippen LogP contribution is 2.42. The van der Waals surface area contributed by atoms with Gasteiger partial charge in [-0.15, -0.1) is 0 Å². The van der Waals surface area contributed by atoms with E-state index in [0.717, 1.165) is 10.0 Å². The van der Waals surface area contributed by atoms with Gasteiger partial charge in [0.25, 0.3) is 0 Å². The molecule has 1 fully saturated rings. The number of rotatable bonds is 3. The van der Waals surface area contributed by atoms with Crippen molar-refractivity contribution in [2.24, 2.45) is 11.1 Å². The lowest BCUT2D eigenvalue weighted by atomic mass is 9.75. The molecule has 2 rings (SSSR count). The average Bonchev–Trinajstić information content (AvgIpc) is 2.27. The van der Waals surface area contributed by atoms with E-state index in [1.165, 1.54) is 7.11 Å². The van der Waals surface area contributed by atoms with Gasteiger partial charge in [0.05, 0.1) is 26.4 Å². The molecule has 17 heavy (non-hydrogen) atoms. The molecule has 2 N–H and O–H groups in total. The molecular formula is C12H14BrNO3. The normalized spacial score (nSPS) is 19.2. The number of carbonyl (C=O) groups excluding carboxylic acids is 1. The summed E-state index contributed by atoms with van der Waals surface area (Å²) in [6.07, 6.45) is 0. The fourth-order valence-electron chi connectivity index (χ4n) is 1.97. The van der Waals surface area contributed by atoms with E-state index >= 15 is 0 Å². The number of nitrogens with two attached hydrogens (primary N) is 1. The topological polar surface area (TPSA) is 61.5 Å². The van der Waals surface area contributed by atoms with Crippen LogP contribution >= 0.6 is 15.9 Å². The molecule has 1 aromatic carbocycles. The Morgan fingerprint density at radius 2 is 2.18 bits per heavy atom. The lowest BCUT2D eigenvalue weighted by Crippen LogP contribution is -2.56. The highest BCUT2D eigenvalue weighted by Gasteiger charge is 2.52. The zero-order valence-corrected chi connectivity index (χ0v) is 11.1. The van der Waals surface area contributed by atoms with Crippen LogP contribution in [0.15, 0.2) is 28.7 Å². The van der Waals surface area contributed by atoms with Gasteiger partial charge in [-0.25, -0.2) is 0 Å². The molecule has 1 heterocycles. The van der Waals surface area contributed by atoms with Gasteiger partial charge in [0.2, 0.25) is 0 Å². The third-order valence-electron chi connectivity index (χ3n) is 3.15. The number of esters is 1. The molecule has 1 aliphatic rings. The zero-order chi connectivity index (χ0) is 12.5. The van der Waals surface area contributed by atoms with Crippen molar-refractivity contribution in [3.05, 3.63) is 34.3 Å². The molecule has 0 saturated carbocycles. The van der Waals surface area contributed by atoms with Crippen molar-refractivity contribution >= 4 is 21.9 Å². The summed E-state index contributed by atoms with van der Waals surface area (Å²) in [5.74, 6) is -0.313. The SMILES string of the molecule is COC(=O)C1(C(N)c2ccccc2Br)COC1. The highest BCUT2D eigenvalue weighted by molar-refractivity contribution is 9.10. The molecule has 92 valence electrons. The predicted molar refractivity (Wildman–Crippen MR) is 66.3 cm³/mol. The van der Waals surface area contributed by atoms with Crippen molar-refractivity contribution in [2.45, 2.75) is 6.04 Å². The van der Waals surface area contributed by atoms with Crippen LogP contribution < -0.4 is 5.73 Å². The molecule has 0 bridgehead atoms. The van der Waals surface area contributed by atoms with Crippen molar-refractivity contribution in [1.29, 1.82) is 0 Å². The van der Waals surface area contributed by atoms with E-state index in [1.54, 1.807) is 0 Å². The summed E-state index contributed by atoms with van der Waals surface area (Å²) in [5, 5.41) is 0. The Balaban J connectivity index is 2.33. The molecular weight excluding hydrogens is 286 g/mol. The summed E-state index contributed by atoms with van der Waals surface area (Å²) in [4.78, 5) is 11.8. The molecule has 1 aromatic rings. The van der Waals surface area contributed by atoms with Crippen LogP contribution in [-0.2, 0) is 14.3 Å². The monoisotopic (exact) mass is 299 g/mol. The second-order valence-electron chi connectivity index (χ2n) is 4.14. The van der Waals surface area contributed by atoms with Crippen molar-refractivity contribution < 1.29 is 14.3 Å². The lowest BCUT2D eigenvalue weighted by Gasteiger charge is -2.43. The van der Waals surface area contributed by atoms with E-state index < -0.39 is 11.5 Å². The Morgan fingerprint density at radius 1 is 1.53 bits per heavy atom. The summed E-state index contributed by atoms with van der Waals surface area (Å²) in [6.45, 7) is 0.615. The van der Waals surface area contributed by atoms with E-state index in [2.05, 4.69) is 15.9 Å². The molecule has 1 aliphatic heterocycles. The number of ether oxygens (including phenoxy) is 2. The standard InChI is InChI=1S/C12H14BrNO3/c1-16-11(15)12(6-17-7-12)10(14)8-4-2-3-5-9(8)13/h2-5,10H,6-7,14H2,1H3. The van der Waals surface area contributed by atoms with Crippen molar-refractivity contribution in [2.75, 3.05) is 20.3 Å². The minimum Gasteiger partial charge on any atom is -0.468 e. The first-order valence-electron chi connectivity index (χ1n) is 5.28. The van der Waals surface area contributed by atoms with Gasteiger partial charge in [-0.1, -0.05) is 34.1 Å². The molecule has 1 atom stereocenters. The third kappa shape index (κ3) is 1.99. The summed E-state index contributed by atoms with van der Waals surface area (Å²) in [5.41, 5.74) is 6.34. The molecule has 0 aromatic heterocycles. The van der Waals surface area contributed by atoms with Crippen molar-refractivity contribution in [1.82, 2.24) is 0 Å². The minimum absolute atomic E-state index is 0.308. The van der Waals surface area contributed by atoms with Crippen LogP contribution in [0.2, 0.25) is 0 Å². The Morgan fingerprint density at radius 3 is 2.65 bits per heavy atom. The molecule has 1 saturated heterocycles. The molecule has 1 unspecified atom stereocenters. The van der Waals surface area contributed by atoms with E-state index in [4.69, 9.17) is 15.2 Å². The summed E-state index contributed by atoms with van der Waals surface area (Å²) < 4.78 is 10.9. The maximum atomic E-state index is 11.8. The quantitative estimate of drug-likeness (QED) is 0.862. The van der Waals surface area contributed by atoms with Gasteiger partial charge in [-0.05, 0) is 11.6 Å². The van der Waals surface area contributed by atoms with Crippen molar-refractivity contribution in [3.63, 3.8) is 0 Å². The van der Waals surface area contributed by atoms with Gasteiger partial charge >= 0.3 is 5.97 Å². The van der Waals surface area contributed by atoms with Crippen molar-refractivity contribution in [3.8, 4) is 0 Å². The molecule has 0 aliphatic carbocycles. The fraction of sp³-hybridized carbons (Fsp3) is 0.417. The van der Waals surface area contributed by atoms with Crippen LogP contribution in [-0.4, -0.2) is 26.3 Å². The molecule has 4 nitrogen and oxygen atoms in total. The number of benzene rings is 1. The van der Waals surface area contributed by atoms with Crippen LogP contribution in [0.4, 0.5) is 0 Å². The number of hydrogen-bond acceptors (Lipinski definition) is 4. The van der Waals surface area contributed by atoms with Crippen LogP contribution in [0.1, 0.15) is 11.6 Å². The average molecular weight is 300 g/mol. The van der Waals surface area contributed by atoms with Gasteiger partial charge in [0.1, 0.15) is 5.41 Å². The van der Waals surface area contributed by atoms with E-state index in [-0.39, 0.29) is 5.97 Å². The van der Waals surface area contributed by atoms with E-state index in [0.29, 0.717) is 13.2 Å². The molecule has 0 radical (unpaired) electrons. The fourth-order valence-corrected chi connectivity index (χ4v) is 2.51. The highest BCUT2D eigenvalue weighted by atomic mass is 79.9. The first-order chi connectivity index (χ1) is 8.12. The zero-order valence-electron chi connectivity index (χ0n) is 9.48. The van der Waals surface area contributed by atoms with Gasteiger partial charge in [-0.2, -0.15) is 0 Å². The summed E-state index contributed by atoms with van der Waals surface area (Å²) in [7, 11) is 1.37. The second-order valence-corrected chi connectivity index (χ2v) is 4.99.